The van der Waals surface area contributed by atoms with Crippen molar-refractivity contribution in [2.45, 2.75) is 0 Å². The molecule has 0 atom stereocenters. The molecule has 0 radical (unpaired) electrons. The Balaban J connectivity index is 2.84. The third-order valence-electron chi connectivity index (χ3n) is 2.38. The van der Waals surface area contributed by atoms with E-state index in [2.05, 4.69) is 9.05 Å². The van der Waals surface area contributed by atoms with E-state index in [9.17, 15) is 14.4 Å². The summed E-state index contributed by atoms with van der Waals surface area (Å²) in [5.74, 6) is -1.15. The molecule has 2 heterocycles. The van der Waals surface area contributed by atoms with Crippen molar-refractivity contribution in [3.05, 3.63) is 49.5 Å². The molecule has 86 valence electrons. The second-order valence-electron chi connectivity index (χ2n) is 3.36. The molecule has 0 saturated heterocycles. The molecule has 2 N–H and O–H groups in total. The molecule has 0 fully saturated rings. The highest BCUT2D eigenvalue weighted by Gasteiger charge is 2.15. The summed E-state index contributed by atoms with van der Waals surface area (Å²) in [7, 11) is 0. The summed E-state index contributed by atoms with van der Waals surface area (Å²) in [5.41, 5.74) is 4.31. The Labute approximate surface area is 91.0 Å². The molecule has 0 amide bonds. The molecular formula is C9H5N3O5. The summed E-state index contributed by atoms with van der Waals surface area (Å²) in [6.07, 6.45) is 0. The van der Waals surface area contributed by atoms with Crippen LogP contribution in [-0.4, -0.2) is 9.38 Å². The third kappa shape index (κ3) is 1.08. The molecule has 3 rings (SSSR count). The van der Waals surface area contributed by atoms with Crippen LogP contribution in [0.5, 0.6) is 0 Å². The Morgan fingerprint density at radius 2 is 1.65 bits per heavy atom. The summed E-state index contributed by atoms with van der Waals surface area (Å²) in [5, 5.41) is 0.0524. The molecule has 8 nitrogen and oxygen atoms in total. The summed E-state index contributed by atoms with van der Waals surface area (Å²) in [6.45, 7) is 0. The molecule has 0 saturated carbocycles. The predicted molar refractivity (Wildman–Crippen MR) is 56.1 cm³/mol. The van der Waals surface area contributed by atoms with E-state index in [1.54, 1.807) is 0 Å². The summed E-state index contributed by atoms with van der Waals surface area (Å²) >= 11 is 0. The first-order valence-electron chi connectivity index (χ1n) is 4.57. The topological polar surface area (TPSA) is 112 Å². The van der Waals surface area contributed by atoms with Gasteiger partial charge in [-0.25, -0.2) is 0 Å². The van der Waals surface area contributed by atoms with Gasteiger partial charge in [0.25, 0.3) is 0 Å². The summed E-state index contributed by atoms with van der Waals surface area (Å²) in [4.78, 5) is 34.6. The van der Waals surface area contributed by atoms with Crippen LogP contribution in [0.3, 0.4) is 0 Å². The van der Waals surface area contributed by atoms with E-state index in [-0.39, 0.29) is 16.5 Å². The van der Waals surface area contributed by atoms with Gasteiger partial charge in [0.15, 0.2) is 0 Å². The normalized spacial score (nSPS) is 11.3. The fraction of sp³-hybridized carbons (Fsp3) is 0. The van der Waals surface area contributed by atoms with Crippen molar-refractivity contribution in [3.8, 4) is 0 Å². The highest BCUT2D eigenvalue weighted by molar-refractivity contribution is 5.91. The maximum Gasteiger partial charge on any atom is 0.562 e. The lowest BCUT2D eigenvalue weighted by atomic mass is 10.1. The highest BCUT2D eigenvalue weighted by atomic mass is 16.7. The molecule has 0 aliphatic heterocycles. The quantitative estimate of drug-likeness (QED) is 0.502. The number of hydrogen-bond donors (Lipinski definition) is 1. The zero-order chi connectivity index (χ0) is 12.2. The number of anilines is 1. The first-order valence-corrected chi connectivity index (χ1v) is 4.57. The number of aromatic nitrogens is 2. The maximum absolute atomic E-state index is 11.9. The first kappa shape index (κ1) is 9.46. The standard InChI is InChI=1S/C9H5N3O5/c10-5-3-1-2-4-6(5)8(14)12-11(7(4)13)16-9(15)17-12/h1-3H,10H2. The van der Waals surface area contributed by atoms with Crippen molar-refractivity contribution in [1.29, 1.82) is 0 Å². The molecule has 1 aromatic carbocycles. The Morgan fingerprint density at radius 1 is 1.00 bits per heavy atom. The van der Waals surface area contributed by atoms with Gasteiger partial charge in [-0.2, -0.15) is 4.79 Å². The molecule has 0 aliphatic rings. The molecule has 3 aromatic rings. The van der Waals surface area contributed by atoms with Gasteiger partial charge in [0.1, 0.15) is 0 Å². The number of fused-ring (bicyclic) bond motifs is 2. The fourth-order valence-electron chi connectivity index (χ4n) is 1.67. The number of nitrogen functional groups attached to an aromatic ring is 1. The Hall–Kier alpha value is -2.77. The SMILES string of the molecule is Nc1cccc2c(=O)n3oc(=O)on3c(=O)c12. The first-order chi connectivity index (χ1) is 8.09. The summed E-state index contributed by atoms with van der Waals surface area (Å²) in [6, 6.07) is 4.40. The second-order valence-corrected chi connectivity index (χ2v) is 3.36. The lowest BCUT2D eigenvalue weighted by Gasteiger charge is -1.99. The monoisotopic (exact) mass is 235 g/mol. The highest BCUT2D eigenvalue weighted by Crippen LogP contribution is 2.12. The van der Waals surface area contributed by atoms with Crippen LogP contribution in [0.2, 0.25) is 0 Å². The molecule has 0 unspecified atom stereocenters. The molecule has 0 aliphatic carbocycles. The molecule has 0 spiro atoms. The average Bonchev–Trinajstić information content (AvgIpc) is 2.68. The van der Waals surface area contributed by atoms with Crippen molar-refractivity contribution in [3.63, 3.8) is 0 Å². The van der Waals surface area contributed by atoms with Crippen LogP contribution in [0.4, 0.5) is 5.69 Å². The maximum atomic E-state index is 11.9. The lowest BCUT2D eigenvalue weighted by Crippen LogP contribution is -2.28. The van der Waals surface area contributed by atoms with E-state index in [0.29, 0.717) is 9.38 Å². The van der Waals surface area contributed by atoms with Gasteiger partial charge in [-0.1, -0.05) is 6.07 Å². The number of nitrogens with zero attached hydrogens (tertiary/aromatic N) is 2. The number of hydrogen-bond acceptors (Lipinski definition) is 6. The summed E-state index contributed by atoms with van der Waals surface area (Å²) < 4.78 is 9.75. The van der Waals surface area contributed by atoms with Crippen LogP contribution in [0.15, 0.2) is 41.6 Å². The van der Waals surface area contributed by atoms with Crippen LogP contribution in [0.25, 0.3) is 10.8 Å². The van der Waals surface area contributed by atoms with Crippen molar-refractivity contribution in [2.75, 3.05) is 5.73 Å². The van der Waals surface area contributed by atoms with E-state index >= 15 is 0 Å². The van der Waals surface area contributed by atoms with E-state index in [4.69, 9.17) is 5.73 Å². The molecule has 8 heteroatoms. The minimum absolute atomic E-state index is 0.00736. The lowest BCUT2D eigenvalue weighted by molar-refractivity contribution is 0.281. The van der Waals surface area contributed by atoms with E-state index in [0.717, 1.165) is 0 Å². The van der Waals surface area contributed by atoms with Gasteiger partial charge >= 0.3 is 16.9 Å². The van der Waals surface area contributed by atoms with Crippen LogP contribution in [0, 0.1) is 0 Å². The van der Waals surface area contributed by atoms with Crippen molar-refractivity contribution in [2.24, 2.45) is 0 Å². The molecule has 17 heavy (non-hydrogen) atoms. The number of rotatable bonds is 0. The van der Waals surface area contributed by atoms with Gasteiger partial charge in [0.2, 0.25) is 0 Å². The second kappa shape index (κ2) is 2.88. The van der Waals surface area contributed by atoms with Crippen LogP contribution >= 0.6 is 0 Å². The van der Waals surface area contributed by atoms with Crippen LogP contribution < -0.4 is 22.7 Å². The minimum atomic E-state index is -1.15. The van der Waals surface area contributed by atoms with Crippen molar-refractivity contribution >= 4 is 16.5 Å². The van der Waals surface area contributed by atoms with E-state index < -0.39 is 16.9 Å². The predicted octanol–water partition coefficient (Wildman–Crippen LogP) is -0.959. The Kier molecular flexibility index (Phi) is 1.60. The largest absolute Gasteiger partial charge is 0.562 e. The van der Waals surface area contributed by atoms with E-state index in [1.165, 1.54) is 18.2 Å². The molecule has 2 aromatic heterocycles. The van der Waals surface area contributed by atoms with Crippen LogP contribution in [0.1, 0.15) is 0 Å². The third-order valence-corrected chi connectivity index (χ3v) is 2.38. The van der Waals surface area contributed by atoms with E-state index in [1.807, 2.05) is 0 Å². The number of benzene rings is 1. The van der Waals surface area contributed by atoms with Gasteiger partial charge in [0.05, 0.1) is 10.8 Å². The Morgan fingerprint density at radius 3 is 2.35 bits per heavy atom. The van der Waals surface area contributed by atoms with Gasteiger partial charge in [-0.05, 0) is 21.5 Å². The van der Waals surface area contributed by atoms with Crippen molar-refractivity contribution < 1.29 is 9.05 Å². The van der Waals surface area contributed by atoms with Gasteiger partial charge in [-0.15, -0.1) is 0 Å². The zero-order valence-corrected chi connectivity index (χ0v) is 8.25. The van der Waals surface area contributed by atoms with Gasteiger partial charge in [-0.3, -0.25) is 18.6 Å². The fourth-order valence-corrected chi connectivity index (χ4v) is 1.67. The Bertz CT molecular complexity index is 910. The smallest absolute Gasteiger partial charge is 0.398 e. The molecule has 0 bridgehead atoms. The van der Waals surface area contributed by atoms with Crippen LogP contribution in [-0.2, 0) is 0 Å². The molecular weight excluding hydrogens is 230 g/mol. The number of nitrogens with two attached hydrogens (primary N) is 1. The van der Waals surface area contributed by atoms with Crippen molar-refractivity contribution in [1.82, 2.24) is 9.38 Å². The minimum Gasteiger partial charge on any atom is -0.398 e. The van der Waals surface area contributed by atoms with Gasteiger partial charge in [0, 0.05) is 5.69 Å². The zero-order valence-electron chi connectivity index (χ0n) is 8.25. The average molecular weight is 235 g/mol. The van der Waals surface area contributed by atoms with Gasteiger partial charge < -0.3 is 5.73 Å².